The maximum atomic E-state index is 12.9. The zero-order valence-corrected chi connectivity index (χ0v) is 21.0. The van der Waals surface area contributed by atoms with Crippen LogP contribution in [0.4, 0.5) is 11.4 Å². The number of benzene rings is 3. The molecule has 3 aromatic carbocycles. The lowest BCUT2D eigenvalue weighted by Crippen LogP contribution is -2.13. The molecule has 0 bridgehead atoms. The van der Waals surface area contributed by atoms with E-state index >= 15 is 0 Å². The molecule has 0 radical (unpaired) electrons. The van der Waals surface area contributed by atoms with E-state index in [0.29, 0.717) is 29.2 Å². The lowest BCUT2D eigenvalue weighted by molar-refractivity contribution is 0.102. The number of unbranched alkanes of at least 4 members (excludes halogenated alkanes) is 3. The van der Waals surface area contributed by atoms with E-state index < -0.39 is 0 Å². The molecule has 1 amide bonds. The van der Waals surface area contributed by atoms with Crippen LogP contribution in [0.2, 0.25) is 0 Å². The molecule has 35 heavy (non-hydrogen) atoms. The third-order valence-corrected chi connectivity index (χ3v) is 5.94. The Balaban J connectivity index is 1.67. The van der Waals surface area contributed by atoms with Crippen molar-refractivity contribution in [2.75, 3.05) is 11.9 Å². The lowest BCUT2D eigenvalue weighted by atomic mass is 10.1. The van der Waals surface area contributed by atoms with Crippen molar-refractivity contribution < 1.29 is 14.6 Å². The topological polar surface area (TPSA) is 70.9 Å². The van der Waals surface area contributed by atoms with Crippen molar-refractivity contribution >= 4 is 23.5 Å². The van der Waals surface area contributed by atoms with Crippen molar-refractivity contribution in [2.24, 2.45) is 4.99 Å². The van der Waals surface area contributed by atoms with Crippen molar-refractivity contribution in [1.29, 1.82) is 0 Å². The number of aliphatic imine (C=N–C) groups is 1. The number of nitrogens with zero attached hydrogens (tertiary/aromatic N) is 1. The van der Waals surface area contributed by atoms with E-state index in [-0.39, 0.29) is 11.7 Å². The molecule has 0 aliphatic rings. The molecule has 0 fully saturated rings. The number of amides is 1. The van der Waals surface area contributed by atoms with Crippen LogP contribution in [0.5, 0.6) is 11.5 Å². The molecule has 0 aliphatic carbocycles. The van der Waals surface area contributed by atoms with Crippen molar-refractivity contribution in [3.05, 3.63) is 82.9 Å². The first-order chi connectivity index (χ1) is 17.0. The molecule has 0 saturated carbocycles. The maximum Gasteiger partial charge on any atom is 0.256 e. The predicted molar refractivity (Wildman–Crippen MR) is 145 cm³/mol. The van der Waals surface area contributed by atoms with Gasteiger partial charge in [-0.1, -0.05) is 51.3 Å². The van der Waals surface area contributed by atoms with Crippen molar-refractivity contribution in [3.63, 3.8) is 0 Å². The van der Waals surface area contributed by atoms with Gasteiger partial charge in [-0.05, 0) is 73.7 Å². The molecule has 184 valence electrons. The van der Waals surface area contributed by atoms with Crippen molar-refractivity contribution in [2.45, 2.75) is 59.3 Å². The van der Waals surface area contributed by atoms with Gasteiger partial charge in [-0.15, -0.1) is 0 Å². The monoisotopic (exact) mass is 472 g/mol. The van der Waals surface area contributed by atoms with Crippen LogP contribution in [0.3, 0.4) is 0 Å². The Morgan fingerprint density at radius 3 is 2.49 bits per heavy atom. The standard InChI is InChI=1S/C30H36N2O3/c1-4-6-8-19-35-26-18-15-24(29(33)20-26)21-31-28-12-9-11-27(22(28)3)30(34)32-25-16-13-23(14-17-25)10-7-5-2/h9,11-18,20-21,33H,4-8,10,19H2,1-3H3,(H,32,34). The summed E-state index contributed by atoms with van der Waals surface area (Å²) in [6, 6.07) is 18.7. The highest BCUT2D eigenvalue weighted by Gasteiger charge is 2.12. The third-order valence-electron chi connectivity index (χ3n) is 5.94. The molecule has 3 rings (SSSR count). The number of anilines is 1. The number of rotatable bonds is 12. The predicted octanol–water partition coefficient (Wildman–Crippen LogP) is 7.62. The van der Waals surface area contributed by atoms with Crippen LogP contribution in [0.15, 0.2) is 65.7 Å². The van der Waals surface area contributed by atoms with Crippen LogP contribution < -0.4 is 10.1 Å². The highest BCUT2D eigenvalue weighted by Crippen LogP contribution is 2.26. The zero-order chi connectivity index (χ0) is 25.0. The summed E-state index contributed by atoms with van der Waals surface area (Å²) in [6.45, 7) is 6.84. The van der Waals surface area contributed by atoms with Crippen LogP contribution in [0, 0.1) is 6.92 Å². The number of carbonyl (C=O) groups is 1. The van der Waals surface area contributed by atoms with E-state index in [1.54, 1.807) is 24.4 Å². The van der Waals surface area contributed by atoms with E-state index in [1.807, 2.05) is 37.3 Å². The van der Waals surface area contributed by atoms with Gasteiger partial charge in [-0.2, -0.15) is 0 Å². The first kappa shape index (κ1) is 26.0. The summed E-state index contributed by atoms with van der Waals surface area (Å²) < 4.78 is 5.69. The second-order valence-corrected chi connectivity index (χ2v) is 8.74. The minimum Gasteiger partial charge on any atom is -0.507 e. The smallest absolute Gasteiger partial charge is 0.256 e. The van der Waals surface area contributed by atoms with Gasteiger partial charge < -0.3 is 15.2 Å². The third kappa shape index (κ3) is 7.71. The molecule has 0 aliphatic heterocycles. The number of aromatic hydroxyl groups is 1. The van der Waals surface area contributed by atoms with Gasteiger partial charge in [0.2, 0.25) is 0 Å². The average molecular weight is 473 g/mol. The Morgan fingerprint density at radius 1 is 1.00 bits per heavy atom. The second-order valence-electron chi connectivity index (χ2n) is 8.74. The summed E-state index contributed by atoms with van der Waals surface area (Å²) in [5, 5.41) is 13.4. The number of ether oxygens (including phenoxy) is 1. The summed E-state index contributed by atoms with van der Waals surface area (Å²) in [6.07, 6.45) is 8.23. The van der Waals surface area contributed by atoms with Gasteiger partial charge in [0.05, 0.1) is 12.3 Å². The number of phenolic OH excluding ortho intramolecular Hbond substituents is 1. The summed E-state index contributed by atoms with van der Waals surface area (Å²) in [5.41, 5.74) is 4.64. The minimum atomic E-state index is -0.173. The zero-order valence-electron chi connectivity index (χ0n) is 21.0. The van der Waals surface area contributed by atoms with Gasteiger partial charge in [0.15, 0.2) is 0 Å². The Morgan fingerprint density at radius 2 is 1.77 bits per heavy atom. The van der Waals surface area contributed by atoms with Gasteiger partial charge in [-0.25, -0.2) is 0 Å². The van der Waals surface area contributed by atoms with Gasteiger partial charge in [0, 0.05) is 29.1 Å². The van der Waals surface area contributed by atoms with E-state index in [0.717, 1.165) is 49.8 Å². The molecule has 0 spiro atoms. The Hall–Kier alpha value is -3.60. The quantitative estimate of drug-likeness (QED) is 0.210. The van der Waals surface area contributed by atoms with E-state index in [1.165, 1.54) is 5.56 Å². The average Bonchev–Trinajstić information content (AvgIpc) is 2.86. The second kappa shape index (κ2) is 13.3. The van der Waals surface area contributed by atoms with Gasteiger partial charge >= 0.3 is 0 Å². The van der Waals surface area contributed by atoms with Gasteiger partial charge in [-0.3, -0.25) is 9.79 Å². The molecule has 0 saturated heterocycles. The van der Waals surface area contributed by atoms with E-state index in [2.05, 4.69) is 36.3 Å². The Bertz CT molecular complexity index is 1140. The summed E-state index contributed by atoms with van der Waals surface area (Å²) in [4.78, 5) is 17.5. The number of hydrogen-bond acceptors (Lipinski definition) is 4. The lowest BCUT2D eigenvalue weighted by Gasteiger charge is -2.10. The molecular weight excluding hydrogens is 436 g/mol. The fourth-order valence-electron chi connectivity index (χ4n) is 3.75. The van der Waals surface area contributed by atoms with Crippen LogP contribution in [-0.2, 0) is 6.42 Å². The van der Waals surface area contributed by atoms with Crippen LogP contribution in [-0.4, -0.2) is 23.8 Å². The number of phenols is 1. The normalized spacial score (nSPS) is 11.1. The molecule has 2 N–H and O–H groups in total. The highest BCUT2D eigenvalue weighted by atomic mass is 16.5. The Kier molecular flexibility index (Phi) is 9.91. The summed E-state index contributed by atoms with van der Waals surface area (Å²) in [7, 11) is 0. The van der Waals surface area contributed by atoms with E-state index in [9.17, 15) is 9.90 Å². The first-order valence-electron chi connectivity index (χ1n) is 12.5. The number of aryl methyl sites for hydroxylation is 1. The molecule has 5 heteroatoms. The SMILES string of the molecule is CCCCCOc1ccc(C=Nc2cccc(C(=O)Nc3ccc(CCCC)cc3)c2C)c(O)c1. The van der Waals surface area contributed by atoms with Crippen molar-refractivity contribution in [3.8, 4) is 11.5 Å². The van der Waals surface area contributed by atoms with Crippen molar-refractivity contribution in [1.82, 2.24) is 0 Å². The fraction of sp³-hybridized carbons (Fsp3) is 0.333. The molecule has 0 atom stereocenters. The molecule has 0 aromatic heterocycles. The van der Waals surface area contributed by atoms with Gasteiger partial charge in [0.1, 0.15) is 11.5 Å². The largest absolute Gasteiger partial charge is 0.507 e. The first-order valence-corrected chi connectivity index (χ1v) is 12.5. The maximum absolute atomic E-state index is 12.9. The van der Waals surface area contributed by atoms with E-state index in [4.69, 9.17) is 4.74 Å². The van der Waals surface area contributed by atoms with Crippen LogP contribution >= 0.6 is 0 Å². The van der Waals surface area contributed by atoms with Crippen LogP contribution in [0.1, 0.15) is 73.0 Å². The Labute approximate surface area is 208 Å². The molecule has 3 aromatic rings. The summed E-state index contributed by atoms with van der Waals surface area (Å²) >= 11 is 0. The summed E-state index contributed by atoms with van der Waals surface area (Å²) in [5.74, 6) is 0.577. The number of carbonyl (C=O) groups excluding carboxylic acids is 1. The molecule has 5 nitrogen and oxygen atoms in total. The van der Waals surface area contributed by atoms with Gasteiger partial charge in [0.25, 0.3) is 5.91 Å². The molecular formula is C30H36N2O3. The number of hydrogen-bond donors (Lipinski definition) is 2. The fourth-order valence-corrected chi connectivity index (χ4v) is 3.75. The molecule has 0 unspecified atom stereocenters. The number of nitrogens with one attached hydrogen (secondary N) is 1. The molecule has 0 heterocycles. The minimum absolute atomic E-state index is 0.107. The highest BCUT2D eigenvalue weighted by molar-refractivity contribution is 6.06. The van der Waals surface area contributed by atoms with Crippen LogP contribution in [0.25, 0.3) is 0 Å².